The van der Waals surface area contributed by atoms with E-state index in [4.69, 9.17) is 9.97 Å². The number of hydrogen-bond acceptors (Lipinski definition) is 6. The lowest BCUT2D eigenvalue weighted by atomic mass is 10.1. The molecule has 0 spiro atoms. The fourth-order valence-corrected chi connectivity index (χ4v) is 4.89. The van der Waals surface area contributed by atoms with E-state index in [1.54, 1.807) is 6.07 Å². The van der Waals surface area contributed by atoms with Gasteiger partial charge in [0.15, 0.2) is 5.82 Å². The highest BCUT2D eigenvalue weighted by Gasteiger charge is 2.28. The molecule has 0 amide bonds. The molecule has 0 bridgehead atoms. The minimum absolute atomic E-state index is 0.0929. The molecule has 1 atom stereocenters. The Balaban J connectivity index is 1.46. The van der Waals surface area contributed by atoms with Gasteiger partial charge in [0.05, 0.1) is 18.3 Å². The number of aliphatic hydroxyl groups is 1. The lowest BCUT2D eigenvalue weighted by molar-refractivity contribution is 0.266. The van der Waals surface area contributed by atoms with Crippen LogP contribution in [0.5, 0.6) is 0 Å². The molecule has 2 aliphatic heterocycles. The summed E-state index contributed by atoms with van der Waals surface area (Å²) in [6.45, 7) is 6.04. The Morgan fingerprint density at radius 2 is 1.61 bits per heavy atom. The minimum Gasteiger partial charge on any atom is -0.394 e. The number of benzene rings is 2. The Labute approximate surface area is 194 Å². The van der Waals surface area contributed by atoms with Crippen LogP contribution in [0, 0.1) is 12.7 Å². The number of aromatic nitrogens is 2. The highest BCUT2D eigenvalue weighted by molar-refractivity contribution is 5.66. The molecular formula is C26H30FN5O. The van der Waals surface area contributed by atoms with Gasteiger partial charge in [-0.1, -0.05) is 36.4 Å². The van der Waals surface area contributed by atoms with Crippen LogP contribution in [0.25, 0.3) is 11.4 Å². The zero-order chi connectivity index (χ0) is 22.8. The maximum atomic E-state index is 14.3. The van der Waals surface area contributed by atoms with E-state index in [1.807, 2.05) is 24.3 Å². The third-order valence-electron chi connectivity index (χ3n) is 6.76. The summed E-state index contributed by atoms with van der Waals surface area (Å²) >= 11 is 0. The van der Waals surface area contributed by atoms with Crippen LogP contribution in [0.15, 0.2) is 54.6 Å². The number of halogens is 1. The van der Waals surface area contributed by atoms with Gasteiger partial charge in [-0.15, -0.1) is 0 Å². The SMILES string of the molecule is Cc1ccccc1-c1nc(N2CCN(c3ccccc3F)CC2)cc(N2CCCC2CO)n1. The number of hydrogen-bond donors (Lipinski definition) is 1. The Bertz CT molecular complexity index is 1120. The van der Waals surface area contributed by atoms with Crippen LogP contribution in [0.2, 0.25) is 0 Å². The topological polar surface area (TPSA) is 55.7 Å². The molecule has 0 radical (unpaired) electrons. The van der Waals surface area contributed by atoms with Crippen LogP contribution in [-0.4, -0.2) is 60.4 Å². The van der Waals surface area contributed by atoms with Crippen LogP contribution in [0.1, 0.15) is 18.4 Å². The Morgan fingerprint density at radius 1 is 0.909 bits per heavy atom. The van der Waals surface area contributed by atoms with Crippen LogP contribution in [0.3, 0.4) is 0 Å². The molecule has 2 aromatic carbocycles. The molecule has 1 N–H and O–H groups in total. The summed E-state index contributed by atoms with van der Waals surface area (Å²) in [6, 6.07) is 17.3. The van der Waals surface area contributed by atoms with Crippen molar-refractivity contribution in [1.29, 1.82) is 0 Å². The van der Waals surface area contributed by atoms with E-state index in [0.717, 1.165) is 68.3 Å². The van der Waals surface area contributed by atoms with E-state index >= 15 is 0 Å². The number of anilines is 3. The van der Waals surface area contributed by atoms with Gasteiger partial charge in [0.25, 0.3) is 0 Å². The maximum Gasteiger partial charge on any atom is 0.164 e. The van der Waals surface area contributed by atoms with Crippen LogP contribution in [-0.2, 0) is 0 Å². The van der Waals surface area contributed by atoms with Gasteiger partial charge in [-0.05, 0) is 37.5 Å². The number of nitrogens with zero attached hydrogens (tertiary/aromatic N) is 5. The van der Waals surface area contributed by atoms with E-state index in [0.29, 0.717) is 11.5 Å². The van der Waals surface area contributed by atoms with Crippen molar-refractivity contribution in [1.82, 2.24) is 9.97 Å². The van der Waals surface area contributed by atoms with E-state index in [1.165, 1.54) is 6.07 Å². The van der Waals surface area contributed by atoms with Crippen molar-refractivity contribution in [2.24, 2.45) is 0 Å². The molecule has 2 saturated heterocycles. The molecule has 3 aromatic rings. The predicted octanol–water partition coefficient (Wildman–Crippen LogP) is 3.88. The fraction of sp³-hybridized carbons (Fsp3) is 0.385. The van der Waals surface area contributed by atoms with Crippen molar-refractivity contribution in [3.8, 4) is 11.4 Å². The number of piperazine rings is 1. The van der Waals surface area contributed by atoms with Gasteiger partial charge in [0, 0.05) is 44.4 Å². The standard InChI is InChI=1S/C26H30FN5O/c1-19-7-2-3-9-21(19)26-28-24(17-25(29-26)32-12-6-8-20(32)18-33)31-15-13-30(14-16-31)23-11-5-4-10-22(23)27/h2-5,7,9-11,17,20,33H,6,8,12-16,18H2,1H3. The lowest BCUT2D eigenvalue weighted by Crippen LogP contribution is -2.47. The number of rotatable bonds is 5. The van der Waals surface area contributed by atoms with Crippen molar-refractivity contribution in [3.63, 3.8) is 0 Å². The normalized spacial score (nSPS) is 18.8. The Kier molecular flexibility index (Phi) is 6.13. The molecule has 7 heteroatoms. The predicted molar refractivity (Wildman–Crippen MR) is 130 cm³/mol. The second kappa shape index (κ2) is 9.35. The molecule has 0 aliphatic carbocycles. The highest BCUT2D eigenvalue weighted by atomic mass is 19.1. The van der Waals surface area contributed by atoms with Crippen molar-refractivity contribution < 1.29 is 9.50 Å². The summed E-state index contributed by atoms with van der Waals surface area (Å²) in [5, 5.41) is 9.87. The zero-order valence-corrected chi connectivity index (χ0v) is 19.0. The first-order valence-electron chi connectivity index (χ1n) is 11.7. The summed E-state index contributed by atoms with van der Waals surface area (Å²) in [5.74, 6) is 2.28. The van der Waals surface area contributed by atoms with Crippen molar-refractivity contribution in [2.45, 2.75) is 25.8 Å². The zero-order valence-electron chi connectivity index (χ0n) is 19.0. The quantitative estimate of drug-likeness (QED) is 0.641. The number of aliphatic hydroxyl groups excluding tert-OH is 1. The van der Waals surface area contributed by atoms with Gasteiger partial charge in [-0.3, -0.25) is 0 Å². The molecule has 172 valence electrons. The molecule has 3 heterocycles. The molecule has 2 fully saturated rings. The maximum absolute atomic E-state index is 14.3. The van der Waals surface area contributed by atoms with Crippen LogP contribution < -0.4 is 14.7 Å². The average Bonchev–Trinajstić information content (AvgIpc) is 3.34. The van der Waals surface area contributed by atoms with Crippen molar-refractivity contribution >= 4 is 17.3 Å². The van der Waals surface area contributed by atoms with Crippen molar-refractivity contribution in [3.05, 3.63) is 66.0 Å². The van der Waals surface area contributed by atoms with E-state index in [9.17, 15) is 9.50 Å². The van der Waals surface area contributed by atoms with Gasteiger partial charge >= 0.3 is 0 Å². The molecule has 5 rings (SSSR count). The van der Waals surface area contributed by atoms with Gasteiger partial charge in [-0.2, -0.15) is 0 Å². The summed E-state index contributed by atoms with van der Waals surface area (Å²) in [7, 11) is 0. The third kappa shape index (κ3) is 4.37. The molecular weight excluding hydrogens is 417 g/mol. The van der Waals surface area contributed by atoms with Crippen LogP contribution >= 0.6 is 0 Å². The molecule has 33 heavy (non-hydrogen) atoms. The first-order chi connectivity index (χ1) is 16.1. The van der Waals surface area contributed by atoms with Gasteiger partial charge in [0.1, 0.15) is 17.5 Å². The average molecular weight is 448 g/mol. The van der Waals surface area contributed by atoms with Gasteiger partial charge < -0.3 is 19.8 Å². The fourth-order valence-electron chi connectivity index (χ4n) is 4.89. The number of aryl methyl sites for hydroxylation is 1. The molecule has 1 unspecified atom stereocenters. The summed E-state index contributed by atoms with van der Waals surface area (Å²) < 4.78 is 14.3. The van der Waals surface area contributed by atoms with Crippen molar-refractivity contribution in [2.75, 3.05) is 54.0 Å². The second-order valence-electron chi connectivity index (χ2n) is 8.82. The molecule has 1 aromatic heterocycles. The smallest absolute Gasteiger partial charge is 0.164 e. The summed E-state index contributed by atoms with van der Waals surface area (Å²) in [6.07, 6.45) is 2.02. The first-order valence-corrected chi connectivity index (χ1v) is 11.7. The van der Waals surface area contributed by atoms with Crippen LogP contribution in [0.4, 0.5) is 21.7 Å². The molecule has 0 saturated carbocycles. The Morgan fingerprint density at radius 3 is 2.36 bits per heavy atom. The Hall–Kier alpha value is -3.19. The molecule has 6 nitrogen and oxygen atoms in total. The second-order valence-corrected chi connectivity index (χ2v) is 8.82. The summed E-state index contributed by atoms with van der Waals surface area (Å²) in [5.41, 5.74) is 2.81. The van der Waals surface area contributed by atoms with E-state index < -0.39 is 0 Å². The molecule has 2 aliphatic rings. The summed E-state index contributed by atoms with van der Waals surface area (Å²) in [4.78, 5) is 16.5. The van der Waals surface area contributed by atoms with E-state index in [2.05, 4.69) is 39.8 Å². The van der Waals surface area contributed by atoms with E-state index in [-0.39, 0.29) is 18.5 Å². The number of para-hydroxylation sites is 1. The largest absolute Gasteiger partial charge is 0.394 e. The monoisotopic (exact) mass is 447 g/mol. The highest BCUT2D eigenvalue weighted by Crippen LogP contribution is 2.31. The third-order valence-corrected chi connectivity index (χ3v) is 6.76. The van der Waals surface area contributed by atoms with Gasteiger partial charge in [0.2, 0.25) is 0 Å². The first kappa shape index (κ1) is 21.6. The van der Waals surface area contributed by atoms with Gasteiger partial charge in [-0.25, -0.2) is 14.4 Å². The minimum atomic E-state index is -0.179. The lowest BCUT2D eigenvalue weighted by Gasteiger charge is -2.37.